The normalized spacial score (nSPS) is 11.5. The van der Waals surface area contributed by atoms with Gasteiger partial charge in [0.05, 0.1) is 0 Å². The molecule has 4 heteroatoms. The molecule has 0 aromatic rings. The van der Waals surface area contributed by atoms with Gasteiger partial charge in [0.25, 0.3) is 0 Å². The Morgan fingerprint density at radius 2 is 1.75 bits per heavy atom. The maximum atomic E-state index is 4.89. The van der Waals surface area contributed by atoms with Crippen molar-refractivity contribution in [2.45, 2.75) is 26.1 Å². The van der Waals surface area contributed by atoms with Gasteiger partial charge >= 0.3 is 35.6 Å². The van der Waals surface area contributed by atoms with Crippen LogP contribution in [0.2, 0.25) is 19.6 Å². The van der Waals surface area contributed by atoms with Gasteiger partial charge in [-0.25, -0.2) is 12.2 Å². The molecule has 1 rings (SSSR count). The van der Waals surface area contributed by atoms with Crippen molar-refractivity contribution in [3.63, 3.8) is 0 Å². The second kappa shape index (κ2) is 14.5. The summed E-state index contributed by atoms with van der Waals surface area (Å²) in [4.78, 5) is 0. The van der Waals surface area contributed by atoms with Crippen LogP contribution in [-0.2, 0) is 17.0 Å². The fourth-order valence-corrected chi connectivity index (χ4v) is 0.340. The van der Waals surface area contributed by atoms with Crippen molar-refractivity contribution in [1.29, 1.82) is 0 Å². The van der Waals surface area contributed by atoms with Gasteiger partial charge in [0.15, 0.2) is 0 Å². The fourth-order valence-electron chi connectivity index (χ4n) is 0.340. The molecule has 0 aromatic heterocycles. The Morgan fingerprint density at radius 1 is 1.33 bits per heavy atom. The molecule has 0 heterocycles. The maximum absolute atomic E-state index is 4.89. The first-order valence-electron chi connectivity index (χ1n) is 3.60. The molecule has 0 fully saturated rings. The monoisotopic (exact) mass is 256 g/mol. The van der Waals surface area contributed by atoms with Crippen LogP contribution in [0.1, 0.15) is 6.42 Å². The van der Waals surface area contributed by atoms with Gasteiger partial charge in [-0.05, 0) is 0 Å². The number of halogens is 2. The van der Waals surface area contributed by atoms with Crippen LogP contribution in [0.4, 0.5) is 0 Å². The Bertz CT molecular complexity index is 111. The van der Waals surface area contributed by atoms with E-state index in [0.717, 1.165) is 6.42 Å². The quantitative estimate of drug-likeness (QED) is 0.453. The predicted molar refractivity (Wildman–Crippen MR) is 56.6 cm³/mol. The van der Waals surface area contributed by atoms with Crippen molar-refractivity contribution in [1.82, 2.24) is 0 Å². The average molecular weight is 257 g/mol. The first kappa shape index (κ1) is 15.5. The summed E-state index contributed by atoms with van der Waals surface area (Å²) in [6.45, 7) is 6.81. The van der Waals surface area contributed by atoms with Crippen molar-refractivity contribution in [3.05, 3.63) is 24.3 Å². The Kier molecular flexibility index (Phi) is 18.7. The van der Waals surface area contributed by atoms with Crippen molar-refractivity contribution < 1.29 is 17.0 Å². The molecule has 1 radical (unpaired) electrons. The van der Waals surface area contributed by atoms with Gasteiger partial charge in [0.2, 0.25) is 0 Å². The summed E-state index contributed by atoms with van der Waals surface area (Å²) in [7, 11) is 9.90. The fraction of sp³-hybridized carbons (Fsp3) is 0.500. The number of allylic oxidation sites excluding steroid dienone is 4. The average Bonchev–Trinajstić information content (AvgIpc) is 2.40. The van der Waals surface area contributed by atoms with Gasteiger partial charge in [-0.15, -0.1) is 6.42 Å². The summed E-state index contributed by atoms with van der Waals surface area (Å²) in [5.74, 6) is 0. The van der Waals surface area contributed by atoms with Crippen LogP contribution in [0.3, 0.4) is 0 Å². The van der Waals surface area contributed by atoms with Crippen molar-refractivity contribution in [2.75, 3.05) is 0 Å². The molecule has 1 aliphatic rings. The zero-order valence-corrected chi connectivity index (χ0v) is 11.8. The third kappa shape index (κ3) is 30.6. The molecule has 1 aliphatic carbocycles. The van der Waals surface area contributed by atoms with Crippen LogP contribution >= 0.6 is 18.6 Å². The first-order chi connectivity index (χ1) is 5.65. The van der Waals surface area contributed by atoms with Crippen LogP contribution in [0.25, 0.3) is 0 Å². The SMILES string of the molecule is C[Si](C)C.[C-]1=CC=CC1.[Cl][Ti][Cl]. The second-order valence-corrected chi connectivity index (χ2v) is 8.15. The molecule has 0 spiro atoms. The van der Waals surface area contributed by atoms with Gasteiger partial charge < -0.3 is 0 Å². The Hall–Kier alpha value is 0.991. The van der Waals surface area contributed by atoms with E-state index in [1.165, 1.54) is 0 Å². The summed E-state index contributed by atoms with van der Waals surface area (Å²) >= 11 is -0.556. The summed E-state index contributed by atoms with van der Waals surface area (Å²) < 4.78 is 0. The molecular weight excluding hydrogens is 243 g/mol. The van der Waals surface area contributed by atoms with E-state index < -0.39 is 17.0 Å². The van der Waals surface area contributed by atoms with Crippen LogP contribution in [0.5, 0.6) is 0 Å². The number of hydrogen-bond acceptors (Lipinski definition) is 0. The molecule has 69 valence electrons. The van der Waals surface area contributed by atoms with Gasteiger partial charge in [-0.2, -0.15) is 6.08 Å². The summed E-state index contributed by atoms with van der Waals surface area (Å²) in [6, 6.07) is 0. The molecular formula is C8H14Cl2SiTi-. The molecule has 0 saturated heterocycles. The van der Waals surface area contributed by atoms with E-state index in [1.807, 2.05) is 12.2 Å². The van der Waals surface area contributed by atoms with Gasteiger partial charge in [0.1, 0.15) is 0 Å². The topological polar surface area (TPSA) is 0 Å². The summed E-state index contributed by atoms with van der Waals surface area (Å²) in [5.41, 5.74) is 0. The standard InChI is InChI=1S/C5H5.C3H9Si.2ClH.Ti/c1-2-4-5-3-1;1-4(2)3;;;/h1-3H,4H2;1-3H3;2*1H;/q-1;;;;+2/p-2. The molecule has 0 aromatic carbocycles. The molecule has 0 unspecified atom stereocenters. The van der Waals surface area contributed by atoms with Crippen LogP contribution in [0, 0.1) is 6.08 Å². The molecule has 0 bridgehead atoms. The van der Waals surface area contributed by atoms with E-state index in [1.54, 1.807) is 0 Å². The molecule has 0 atom stereocenters. The minimum atomic E-state index is -0.556. The van der Waals surface area contributed by atoms with Crippen LogP contribution < -0.4 is 0 Å². The van der Waals surface area contributed by atoms with E-state index in [4.69, 9.17) is 18.6 Å². The van der Waals surface area contributed by atoms with Crippen molar-refractivity contribution in [3.8, 4) is 0 Å². The third-order valence-electron chi connectivity index (χ3n) is 0.586. The second-order valence-electron chi connectivity index (χ2n) is 2.57. The molecule has 0 nitrogen and oxygen atoms in total. The van der Waals surface area contributed by atoms with Crippen LogP contribution in [0.15, 0.2) is 18.2 Å². The summed E-state index contributed by atoms with van der Waals surface area (Å²) in [5, 5.41) is 0. The zero-order chi connectivity index (χ0) is 9.82. The van der Waals surface area contributed by atoms with E-state index in [-0.39, 0.29) is 8.80 Å². The number of rotatable bonds is 0. The van der Waals surface area contributed by atoms with Gasteiger partial charge in [0, 0.05) is 8.80 Å². The van der Waals surface area contributed by atoms with Gasteiger partial charge in [-0.3, -0.25) is 6.08 Å². The van der Waals surface area contributed by atoms with Crippen LogP contribution in [-0.4, -0.2) is 8.80 Å². The Balaban J connectivity index is 0. The van der Waals surface area contributed by atoms with E-state index >= 15 is 0 Å². The van der Waals surface area contributed by atoms with E-state index in [9.17, 15) is 0 Å². The van der Waals surface area contributed by atoms with Gasteiger partial charge in [-0.1, -0.05) is 19.6 Å². The molecule has 0 amide bonds. The third-order valence-corrected chi connectivity index (χ3v) is 0.586. The van der Waals surface area contributed by atoms with E-state index in [2.05, 4.69) is 31.8 Å². The zero-order valence-electron chi connectivity index (χ0n) is 7.70. The molecule has 0 N–H and O–H groups in total. The van der Waals surface area contributed by atoms with Crippen molar-refractivity contribution >= 4 is 27.4 Å². The molecule has 0 saturated carbocycles. The number of hydrogen-bond donors (Lipinski definition) is 0. The summed E-state index contributed by atoms with van der Waals surface area (Å²) in [6.07, 6.45) is 10.0. The Morgan fingerprint density at radius 3 is 1.83 bits per heavy atom. The molecule has 0 aliphatic heterocycles. The minimum absolute atomic E-state index is 0.120. The van der Waals surface area contributed by atoms with E-state index in [0.29, 0.717) is 0 Å². The Labute approximate surface area is 94.3 Å². The first-order valence-corrected chi connectivity index (χ1v) is 10.9. The van der Waals surface area contributed by atoms with Crippen molar-refractivity contribution in [2.24, 2.45) is 0 Å². The molecule has 12 heavy (non-hydrogen) atoms. The predicted octanol–water partition coefficient (Wildman–Crippen LogP) is 4.05.